The van der Waals surface area contributed by atoms with Gasteiger partial charge in [0, 0.05) is 36.9 Å². The van der Waals surface area contributed by atoms with Crippen molar-refractivity contribution >= 4 is 29.6 Å². The van der Waals surface area contributed by atoms with Crippen LogP contribution in [0.25, 0.3) is 6.08 Å². The molecule has 0 radical (unpaired) electrons. The van der Waals surface area contributed by atoms with Gasteiger partial charge in [-0.2, -0.15) is 0 Å². The van der Waals surface area contributed by atoms with E-state index in [2.05, 4.69) is 5.32 Å². The number of hydrogen-bond donors (Lipinski definition) is 2. The number of hydrogen-bond acceptors (Lipinski definition) is 3. The summed E-state index contributed by atoms with van der Waals surface area (Å²) in [6.07, 6.45) is 4.11. The molecule has 0 bridgehead atoms. The van der Waals surface area contributed by atoms with Crippen molar-refractivity contribution in [2.75, 3.05) is 20.3 Å². The second-order valence-corrected chi connectivity index (χ2v) is 4.77. The molecule has 0 unspecified atom stereocenters. The molecule has 0 aromatic heterocycles. The van der Waals surface area contributed by atoms with Crippen molar-refractivity contribution in [3.05, 3.63) is 40.4 Å². The minimum Gasteiger partial charge on any atom is -0.478 e. The number of halogens is 1. The molecule has 0 heterocycles. The first-order valence-corrected chi connectivity index (χ1v) is 6.90. The molecule has 0 spiro atoms. The molecule has 0 atom stereocenters. The van der Waals surface area contributed by atoms with Gasteiger partial charge in [0.1, 0.15) is 0 Å². The Hall–Kier alpha value is -1.85. The number of amides is 1. The van der Waals surface area contributed by atoms with Crippen molar-refractivity contribution in [3.8, 4) is 0 Å². The van der Waals surface area contributed by atoms with Crippen LogP contribution >= 0.6 is 11.6 Å². The Morgan fingerprint density at radius 1 is 1.38 bits per heavy atom. The zero-order valence-electron chi connectivity index (χ0n) is 11.8. The SMILES string of the molecule is COCCCCNC(=O)c1ccc(/C=C/C(=O)O)c(Cl)c1. The molecule has 6 heteroatoms. The lowest BCUT2D eigenvalue weighted by atomic mass is 10.1. The summed E-state index contributed by atoms with van der Waals surface area (Å²) in [5.74, 6) is -1.26. The van der Waals surface area contributed by atoms with Crippen LogP contribution in [0.3, 0.4) is 0 Å². The Morgan fingerprint density at radius 2 is 2.14 bits per heavy atom. The predicted octanol–water partition coefficient (Wildman–Crippen LogP) is 2.59. The standard InChI is InChI=1S/C15H18ClNO4/c1-21-9-3-2-8-17-15(20)12-5-4-11(13(16)10-12)6-7-14(18)19/h4-7,10H,2-3,8-9H2,1H3,(H,17,20)(H,18,19)/b7-6+. The summed E-state index contributed by atoms with van der Waals surface area (Å²) in [4.78, 5) is 22.3. The molecule has 0 aliphatic rings. The number of methoxy groups -OCH3 is 1. The third-order valence-electron chi connectivity index (χ3n) is 2.73. The van der Waals surface area contributed by atoms with Crippen LogP contribution in [0.1, 0.15) is 28.8 Å². The van der Waals surface area contributed by atoms with Crippen molar-refractivity contribution in [2.45, 2.75) is 12.8 Å². The lowest BCUT2D eigenvalue weighted by Crippen LogP contribution is -2.24. The molecular weight excluding hydrogens is 294 g/mol. The first-order chi connectivity index (χ1) is 10.0. The van der Waals surface area contributed by atoms with Crippen molar-refractivity contribution in [2.24, 2.45) is 0 Å². The highest BCUT2D eigenvalue weighted by atomic mass is 35.5. The lowest BCUT2D eigenvalue weighted by molar-refractivity contribution is -0.131. The second-order valence-electron chi connectivity index (χ2n) is 4.36. The first kappa shape index (κ1) is 17.2. The Bertz CT molecular complexity index is 528. The summed E-state index contributed by atoms with van der Waals surface area (Å²) in [5.41, 5.74) is 0.995. The minimum atomic E-state index is -1.05. The topological polar surface area (TPSA) is 75.6 Å². The molecule has 21 heavy (non-hydrogen) atoms. The van der Waals surface area contributed by atoms with Crippen LogP contribution in [-0.2, 0) is 9.53 Å². The van der Waals surface area contributed by atoms with E-state index in [1.807, 2.05) is 0 Å². The molecule has 0 aliphatic heterocycles. The van der Waals surface area contributed by atoms with E-state index >= 15 is 0 Å². The maximum atomic E-state index is 11.9. The van der Waals surface area contributed by atoms with Gasteiger partial charge in [0.15, 0.2) is 0 Å². The molecular formula is C15H18ClNO4. The quantitative estimate of drug-likeness (QED) is 0.571. The van der Waals surface area contributed by atoms with Gasteiger partial charge in [0.2, 0.25) is 0 Å². The molecule has 2 N–H and O–H groups in total. The number of rotatable bonds is 8. The van der Waals surface area contributed by atoms with Crippen LogP contribution in [0.15, 0.2) is 24.3 Å². The molecule has 1 aromatic rings. The fourth-order valence-electron chi connectivity index (χ4n) is 1.64. The highest BCUT2D eigenvalue weighted by molar-refractivity contribution is 6.32. The van der Waals surface area contributed by atoms with Gasteiger partial charge >= 0.3 is 5.97 Å². The molecule has 0 saturated heterocycles. The molecule has 1 rings (SSSR count). The number of carboxylic acid groups (broad SMARTS) is 1. The fraction of sp³-hybridized carbons (Fsp3) is 0.333. The number of carbonyl (C=O) groups is 2. The van der Waals surface area contributed by atoms with Gasteiger partial charge in [0.25, 0.3) is 5.91 Å². The van der Waals surface area contributed by atoms with E-state index in [-0.39, 0.29) is 5.91 Å². The summed E-state index contributed by atoms with van der Waals surface area (Å²) >= 11 is 6.02. The van der Waals surface area contributed by atoms with Crippen molar-refractivity contribution < 1.29 is 19.4 Å². The number of carbonyl (C=O) groups excluding carboxylic acids is 1. The lowest BCUT2D eigenvalue weighted by Gasteiger charge is -2.06. The van der Waals surface area contributed by atoms with Crippen molar-refractivity contribution in [3.63, 3.8) is 0 Å². The summed E-state index contributed by atoms with van der Waals surface area (Å²) in [5, 5.41) is 11.7. The molecule has 1 aromatic carbocycles. The molecule has 0 aliphatic carbocycles. The van der Waals surface area contributed by atoms with Crippen molar-refractivity contribution in [1.82, 2.24) is 5.32 Å². The summed E-state index contributed by atoms with van der Waals surface area (Å²) in [6, 6.07) is 4.74. The van der Waals surface area contributed by atoms with Gasteiger partial charge < -0.3 is 15.2 Å². The van der Waals surface area contributed by atoms with Crippen LogP contribution in [0.5, 0.6) is 0 Å². The maximum Gasteiger partial charge on any atom is 0.328 e. The van der Waals surface area contributed by atoms with Crippen LogP contribution in [0, 0.1) is 0 Å². The normalized spacial score (nSPS) is 10.8. The third kappa shape index (κ3) is 6.42. The number of aliphatic carboxylic acids is 1. The van der Waals surface area contributed by atoms with Crippen LogP contribution in [-0.4, -0.2) is 37.2 Å². The van der Waals surface area contributed by atoms with Gasteiger partial charge in [-0.05, 0) is 36.6 Å². The Kier molecular flexibility index (Phi) is 7.50. The molecule has 0 fully saturated rings. The van der Waals surface area contributed by atoms with E-state index in [1.54, 1.807) is 19.2 Å². The van der Waals surface area contributed by atoms with Crippen LogP contribution < -0.4 is 5.32 Å². The number of nitrogens with one attached hydrogen (secondary N) is 1. The Morgan fingerprint density at radius 3 is 2.76 bits per heavy atom. The summed E-state index contributed by atoms with van der Waals surface area (Å²) in [7, 11) is 1.64. The number of ether oxygens (including phenoxy) is 1. The maximum absolute atomic E-state index is 11.9. The van der Waals surface area contributed by atoms with Crippen LogP contribution in [0.2, 0.25) is 5.02 Å². The molecule has 1 amide bonds. The molecule has 0 saturated carbocycles. The van der Waals surface area contributed by atoms with Gasteiger partial charge in [0.05, 0.1) is 0 Å². The Balaban J connectivity index is 2.57. The highest BCUT2D eigenvalue weighted by Crippen LogP contribution is 2.19. The molecule has 5 nitrogen and oxygen atoms in total. The Labute approximate surface area is 128 Å². The average Bonchev–Trinajstić information content (AvgIpc) is 2.45. The van der Waals surface area contributed by atoms with Crippen LogP contribution in [0.4, 0.5) is 0 Å². The minimum absolute atomic E-state index is 0.205. The highest BCUT2D eigenvalue weighted by Gasteiger charge is 2.07. The largest absolute Gasteiger partial charge is 0.478 e. The van der Waals surface area contributed by atoms with Gasteiger partial charge in [-0.15, -0.1) is 0 Å². The summed E-state index contributed by atoms with van der Waals surface area (Å²) in [6.45, 7) is 1.24. The zero-order valence-corrected chi connectivity index (χ0v) is 12.5. The zero-order chi connectivity index (χ0) is 15.7. The predicted molar refractivity (Wildman–Crippen MR) is 81.6 cm³/mol. The van der Waals surface area contributed by atoms with Gasteiger partial charge in [-0.1, -0.05) is 17.7 Å². The van der Waals surface area contributed by atoms with Gasteiger partial charge in [-0.25, -0.2) is 4.79 Å². The first-order valence-electron chi connectivity index (χ1n) is 6.52. The number of unbranched alkanes of at least 4 members (excludes halogenated alkanes) is 1. The average molecular weight is 312 g/mol. The van der Waals surface area contributed by atoms with E-state index in [9.17, 15) is 9.59 Å². The van der Waals surface area contributed by atoms with Gasteiger partial charge in [-0.3, -0.25) is 4.79 Å². The van der Waals surface area contributed by atoms with E-state index in [0.29, 0.717) is 29.3 Å². The second kappa shape index (κ2) is 9.15. The van der Waals surface area contributed by atoms with E-state index in [1.165, 1.54) is 12.1 Å². The smallest absolute Gasteiger partial charge is 0.328 e. The molecule has 114 valence electrons. The summed E-state index contributed by atoms with van der Waals surface area (Å²) < 4.78 is 4.92. The monoisotopic (exact) mass is 311 g/mol. The van der Waals surface area contributed by atoms with E-state index in [4.69, 9.17) is 21.4 Å². The van der Waals surface area contributed by atoms with E-state index in [0.717, 1.165) is 18.9 Å². The fourth-order valence-corrected chi connectivity index (χ4v) is 1.88. The third-order valence-corrected chi connectivity index (χ3v) is 3.06. The number of benzene rings is 1. The number of carboxylic acids is 1. The van der Waals surface area contributed by atoms with E-state index < -0.39 is 5.97 Å². The van der Waals surface area contributed by atoms with Crippen molar-refractivity contribution in [1.29, 1.82) is 0 Å².